The summed E-state index contributed by atoms with van der Waals surface area (Å²) in [6, 6.07) is 10.4. The third-order valence-electron chi connectivity index (χ3n) is 4.67. The molecule has 2 nitrogen and oxygen atoms in total. The van der Waals surface area contributed by atoms with Crippen molar-refractivity contribution in [2.45, 2.75) is 66.4 Å². The molecule has 130 valence electrons. The highest BCUT2D eigenvalue weighted by Gasteiger charge is 2.34. The van der Waals surface area contributed by atoms with Crippen molar-refractivity contribution in [1.82, 2.24) is 0 Å². The fraction of sp³-hybridized carbons (Fsp3) is 0.455. The van der Waals surface area contributed by atoms with E-state index in [9.17, 15) is 5.11 Å². The van der Waals surface area contributed by atoms with Gasteiger partial charge in [-0.05, 0) is 56.9 Å². The second kappa shape index (κ2) is 6.88. The van der Waals surface area contributed by atoms with Crippen LogP contribution in [-0.2, 0) is 12.0 Å². The molecule has 0 aliphatic carbocycles. The molecule has 1 heterocycles. The summed E-state index contributed by atoms with van der Waals surface area (Å²) in [6.45, 7) is 8.46. The van der Waals surface area contributed by atoms with Gasteiger partial charge in [0.15, 0.2) is 0 Å². The lowest BCUT2D eigenvalue weighted by atomic mass is 9.84. The summed E-state index contributed by atoms with van der Waals surface area (Å²) < 4.78 is 6.25. The fourth-order valence-electron chi connectivity index (χ4n) is 3.45. The molecule has 0 fully saturated rings. The van der Waals surface area contributed by atoms with Gasteiger partial charge in [0.25, 0.3) is 0 Å². The number of fused-ring (bicyclic) bond motifs is 3. The fourth-order valence-corrected chi connectivity index (χ4v) is 3.45. The number of phenols is 1. The number of unbranched alkanes of at least 4 members (excludes halogenated alkanes) is 2. The summed E-state index contributed by atoms with van der Waals surface area (Å²) in [6.07, 6.45) is 4.55. The number of ether oxygens (including phenoxy) is 1. The van der Waals surface area contributed by atoms with Crippen LogP contribution in [0.15, 0.2) is 30.3 Å². The van der Waals surface area contributed by atoms with Gasteiger partial charge in [-0.25, -0.2) is 0 Å². The van der Waals surface area contributed by atoms with E-state index in [-0.39, 0.29) is 13.0 Å². The van der Waals surface area contributed by atoms with Crippen molar-refractivity contribution in [2.75, 3.05) is 0 Å². The van der Waals surface area contributed by atoms with E-state index in [2.05, 4.69) is 52.0 Å². The maximum atomic E-state index is 10.6. The van der Waals surface area contributed by atoms with Gasteiger partial charge in [0.05, 0.1) is 5.56 Å². The number of phenolic OH excluding ortho intramolecular Hbond substituents is 1. The number of aromatic hydroxyl groups is 1. The Morgan fingerprint density at radius 2 is 1.83 bits per heavy atom. The highest BCUT2D eigenvalue weighted by molar-refractivity contribution is 5.82. The minimum absolute atomic E-state index is 0. The molecule has 0 saturated carbocycles. The van der Waals surface area contributed by atoms with E-state index in [0.29, 0.717) is 5.75 Å². The van der Waals surface area contributed by atoms with E-state index < -0.39 is 0 Å². The molecule has 0 saturated heterocycles. The van der Waals surface area contributed by atoms with Crippen LogP contribution >= 0.6 is 0 Å². The first kappa shape index (κ1) is 18.4. The van der Waals surface area contributed by atoms with Gasteiger partial charge in [-0.3, -0.25) is 0 Å². The highest BCUT2D eigenvalue weighted by atomic mass is 16.5. The van der Waals surface area contributed by atoms with Crippen molar-refractivity contribution in [3.63, 3.8) is 0 Å². The van der Waals surface area contributed by atoms with E-state index in [1.807, 2.05) is 6.07 Å². The molecule has 0 aromatic heterocycles. The summed E-state index contributed by atoms with van der Waals surface area (Å²) in [7, 11) is 0. The zero-order chi connectivity index (χ0) is 16.6. The first-order valence-electron chi connectivity index (χ1n) is 8.59. The van der Waals surface area contributed by atoms with Crippen molar-refractivity contribution in [1.29, 1.82) is 0 Å². The Labute approximate surface area is 146 Å². The smallest absolute Gasteiger partial charge is 0.132 e. The Bertz CT molecular complexity index is 729. The first-order valence-corrected chi connectivity index (χ1v) is 8.59. The van der Waals surface area contributed by atoms with Crippen LogP contribution in [0.3, 0.4) is 0 Å². The van der Waals surface area contributed by atoms with Crippen LogP contribution in [0.2, 0.25) is 0 Å². The van der Waals surface area contributed by atoms with Gasteiger partial charge >= 0.3 is 0 Å². The van der Waals surface area contributed by atoms with Crippen molar-refractivity contribution in [3.8, 4) is 22.6 Å². The van der Waals surface area contributed by atoms with Crippen molar-refractivity contribution < 1.29 is 9.84 Å². The van der Waals surface area contributed by atoms with Crippen molar-refractivity contribution in [3.05, 3.63) is 47.0 Å². The van der Waals surface area contributed by atoms with Crippen LogP contribution in [0.5, 0.6) is 11.5 Å². The van der Waals surface area contributed by atoms with Crippen LogP contribution in [-0.4, -0.2) is 5.11 Å². The Hall–Kier alpha value is -1.96. The minimum Gasteiger partial charge on any atom is -0.507 e. The molecule has 0 unspecified atom stereocenters. The minimum atomic E-state index is -0.384. The number of aryl methyl sites for hydroxylation is 2. The van der Waals surface area contributed by atoms with Gasteiger partial charge in [0.2, 0.25) is 0 Å². The Morgan fingerprint density at radius 1 is 1.08 bits per heavy atom. The van der Waals surface area contributed by atoms with Crippen molar-refractivity contribution >= 4 is 0 Å². The van der Waals surface area contributed by atoms with E-state index >= 15 is 0 Å². The van der Waals surface area contributed by atoms with Crippen molar-refractivity contribution in [2.24, 2.45) is 0 Å². The second-order valence-electron chi connectivity index (χ2n) is 7.11. The lowest BCUT2D eigenvalue weighted by Crippen LogP contribution is -2.29. The molecule has 0 amide bonds. The third-order valence-corrected chi connectivity index (χ3v) is 4.67. The summed E-state index contributed by atoms with van der Waals surface area (Å²) in [5.41, 5.74) is 5.02. The average molecular weight is 326 g/mol. The largest absolute Gasteiger partial charge is 0.507 e. The first-order chi connectivity index (χ1) is 10.9. The van der Waals surface area contributed by atoms with E-state index in [1.165, 1.54) is 18.4 Å². The Balaban J connectivity index is 0.00000208. The van der Waals surface area contributed by atoms with Crippen LogP contribution in [0, 0.1) is 6.92 Å². The molecule has 1 N–H and O–H groups in total. The topological polar surface area (TPSA) is 29.5 Å². The summed E-state index contributed by atoms with van der Waals surface area (Å²) in [5.74, 6) is 1.14. The second-order valence-corrected chi connectivity index (χ2v) is 7.11. The number of benzene rings is 2. The molecule has 0 spiro atoms. The molecule has 1 aliphatic heterocycles. The van der Waals surface area contributed by atoms with Gasteiger partial charge in [-0.2, -0.15) is 0 Å². The zero-order valence-corrected chi connectivity index (χ0v) is 14.6. The van der Waals surface area contributed by atoms with E-state index in [0.717, 1.165) is 40.8 Å². The van der Waals surface area contributed by atoms with Gasteiger partial charge in [0.1, 0.15) is 17.1 Å². The maximum Gasteiger partial charge on any atom is 0.132 e. The molecule has 0 radical (unpaired) electrons. The predicted molar refractivity (Wildman–Crippen MR) is 102 cm³/mol. The van der Waals surface area contributed by atoms with Gasteiger partial charge in [0, 0.05) is 5.56 Å². The lowest BCUT2D eigenvalue weighted by Gasteiger charge is -2.35. The molecule has 3 rings (SSSR count). The van der Waals surface area contributed by atoms with Gasteiger partial charge in [-0.15, -0.1) is 0 Å². The molecule has 0 atom stereocenters. The molecule has 1 aliphatic rings. The third kappa shape index (κ3) is 3.28. The summed E-state index contributed by atoms with van der Waals surface area (Å²) in [5, 5.41) is 10.6. The monoisotopic (exact) mass is 326 g/mol. The van der Waals surface area contributed by atoms with Crippen LogP contribution in [0.25, 0.3) is 11.1 Å². The van der Waals surface area contributed by atoms with Crippen LogP contribution in [0.1, 0.15) is 64.2 Å². The summed E-state index contributed by atoms with van der Waals surface area (Å²) >= 11 is 0. The molecule has 0 bridgehead atoms. The molecule has 24 heavy (non-hydrogen) atoms. The molecular formula is C22H30O2. The molecule has 2 aromatic carbocycles. The Morgan fingerprint density at radius 3 is 2.54 bits per heavy atom. The maximum absolute atomic E-state index is 10.6. The zero-order valence-electron chi connectivity index (χ0n) is 14.6. The SMILES string of the molecule is C.CCCCCc1cc(O)c2c(c1)OC(C)(C)c1ccc(C)cc1-2. The van der Waals surface area contributed by atoms with Gasteiger partial charge < -0.3 is 9.84 Å². The summed E-state index contributed by atoms with van der Waals surface area (Å²) in [4.78, 5) is 0. The van der Waals surface area contributed by atoms with Gasteiger partial charge in [-0.1, -0.05) is 51.0 Å². The predicted octanol–water partition coefficient (Wildman–Crippen LogP) is 6.36. The number of hydrogen-bond donors (Lipinski definition) is 1. The number of hydrogen-bond acceptors (Lipinski definition) is 2. The molecule has 2 aromatic rings. The normalized spacial score (nSPS) is 14.2. The standard InChI is InChI=1S/C21H26O2.CH4/c1-5-6-7-8-15-12-18(22)20-16-11-14(2)9-10-17(16)21(3,4)23-19(20)13-15;/h9-13,22H,5-8H2,1-4H3;1H4. The highest BCUT2D eigenvalue weighted by Crippen LogP contribution is 2.49. The Kier molecular flexibility index (Phi) is 5.27. The van der Waals surface area contributed by atoms with E-state index in [1.54, 1.807) is 0 Å². The average Bonchev–Trinajstić information content (AvgIpc) is 2.46. The van der Waals surface area contributed by atoms with Crippen LogP contribution in [0.4, 0.5) is 0 Å². The quantitative estimate of drug-likeness (QED) is 0.662. The lowest BCUT2D eigenvalue weighted by molar-refractivity contribution is 0.105. The molecule has 2 heteroatoms. The van der Waals surface area contributed by atoms with E-state index in [4.69, 9.17) is 4.74 Å². The molecular weight excluding hydrogens is 296 g/mol. The van der Waals surface area contributed by atoms with Crippen LogP contribution < -0.4 is 4.74 Å². The number of rotatable bonds is 4.